The SMILES string of the molecule is Cc1nc(-c2cccnc2)[nH]c(=O)c1CCC(=O)N1CCC[C@@H](C)[C@H]1CN. The molecule has 0 aliphatic carbocycles. The summed E-state index contributed by atoms with van der Waals surface area (Å²) in [5, 5.41) is 0. The molecule has 0 radical (unpaired) electrons. The van der Waals surface area contributed by atoms with E-state index in [4.69, 9.17) is 5.73 Å². The van der Waals surface area contributed by atoms with E-state index >= 15 is 0 Å². The van der Waals surface area contributed by atoms with Gasteiger partial charge in [0.15, 0.2) is 0 Å². The highest BCUT2D eigenvalue weighted by molar-refractivity contribution is 5.77. The van der Waals surface area contributed by atoms with Crippen LogP contribution in [0.5, 0.6) is 0 Å². The normalized spacial score (nSPS) is 19.9. The van der Waals surface area contributed by atoms with Crippen LogP contribution in [0, 0.1) is 12.8 Å². The first-order valence-corrected chi connectivity index (χ1v) is 9.51. The molecule has 7 nitrogen and oxygen atoms in total. The van der Waals surface area contributed by atoms with Gasteiger partial charge in [-0.15, -0.1) is 0 Å². The van der Waals surface area contributed by atoms with Crippen molar-refractivity contribution in [2.24, 2.45) is 11.7 Å². The molecule has 27 heavy (non-hydrogen) atoms. The maximum Gasteiger partial charge on any atom is 0.254 e. The number of nitrogens with one attached hydrogen (secondary N) is 1. The van der Waals surface area contributed by atoms with E-state index in [0.29, 0.717) is 42.4 Å². The second-order valence-electron chi connectivity index (χ2n) is 7.23. The summed E-state index contributed by atoms with van der Waals surface area (Å²) in [5.74, 6) is 0.971. The Bertz CT molecular complexity index is 849. The largest absolute Gasteiger partial charge is 0.338 e. The third-order valence-corrected chi connectivity index (χ3v) is 5.42. The summed E-state index contributed by atoms with van der Waals surface area (Å²) in [6.45, 7) is 5.18. The average molecular weight is 369 g/mol. The number of rotatable bonds is 5. The van der Waals surface area contributed by atoms with Crippen LogP contribution in [0.2, 0.25) is 0 Å². The molecule has 2 atom stereocenters. The van der Waals surface area contributed by atoms with E-state index < -0.39 is 0 Å². The molecule has 3 N–H and O–H groups in total. The fraction of sp³-hybridized carbons (Fsp3) is 0.500. The summed E-state index contributed by atoms with van der Waals surface area (Å²) >= 11 is 0. The lowest BCUT2D eigenvalue weighted by Gasteiger charge is -2.39. The molecule has 0 aromatic carbocycles. The second kappa shape index (κ2) is 8.43. The van der Waals surface area contributed by atoms with Crippen molar-refractivity contribution >= 4 is 5.91 Å². The fourth-order valence-electron chi connectivity index (χ4n) is 3.84. The van der Waals surface area contributed by atoms with E-state index in [0.717, 1.165) is 24.9 Å². The molecule has 0 spiro atoms. The molecule has 1 aliphatic heterocycles. The van der Waals surface area contributed by atoms with Gasteiger partial charge in [0.05, 0.1) is 0 Å². The highest BCUT2D eigenvalue weighted by Gasteiger charge is 2.30. The van der Waals surface area contributed by atoms with Gasteiger partial charge in [-0.2, -0.15) is 0 Å². The van der Waals surface area contributed by atoms with Gasteiger partial charge >= 0.3 is 0 Å². The standard InChI is InChI=1S/C20H27N5O2/c1-13-5-4-10-25(17(13)11-21)18(26)8-7-16-14(2)23-19(24-20(16)27)15-6-3-9-22-12-15/h3,6,9,12-13,17H,4-5,7-8,10-11,21H2,1-2H3,(H,23,24,27)/t13-,17-/m1/s1. The average Bonchev–Trinajstić information content (AvgIpc) is 2.67. The van der Waals surface area contributed by atoms with E-state index in [9.17, 15) is 9.59 Å². The predicted molar refractivity (Wildman–Crippen MR) is 104 cm³/mol. The Morgan fingerprint density at radius 1 is 1.44 bits per heavy atom. The van der Waals surface area contributed by atoms with Crippen molar-refractivity contribution in [3.8, 4) is 11.4 Å². The Labute approximate surface area is 159 Å². The second-order valence-corrected chi connectivity index (χ2v) is 7.23. The number of piperidine rings is 1. The van der Waals surface area contributed by atoms with Crippen LogP contribution in [0.15, 0.2) is 29.3 Å². The molecule has 1 saturated heterocycles. The lowest BCUT2D eigenvalue weighted by Crippen LogP contribution is -2.51. The molecule has 2 aromatic heterocycles. The number of nitrogens with two attached hydrogens (primary N) is 1. The predicted octanol–water partition coefficient (Wildman–Crippen LogP) is 1.66. The summed E-state index contributed by atoms with van der Waals surface area (Å²) < 4.78 is 0. The summed E-state index contributed by atoms with van der Waals surface area (Å²) in [6.07, 6.45) is 6.11. The van der Waals surface area contributed by atoms with Crippen LogP contribution >= 0.6 is 0 Å². The summed E-state index contributed by atoms with van der Waals surface area (Å²) in [4.78, 5) is 38.5. The third kappa shape index (κ3) is 4.24. The lowest BCUT2D eigenvalue weighted by atomic mass is 9.90. The van der Waals surface area contributed by atoms with Crippen molar-refractivity contribution in [2.75, 3.05) is 13.1 Å². The van der Waals surface area contributed by atoms with Crippen molar-refractivity contribution in [3.05, 3.63) is 46.1 Å². The Kier molecular flexibility index (Phi) is 6.01. The number of amides is 1. The molecule has 144 valence electrons. The topological polar surface area (TPSA) is 105 Å². The van der Waals surface area contributed by atoms with E-state index in [1.54, 1.807) is 25.4 Å². The smallest absolute Gasteiger partial charge is 0.254 e. The molecule has 0 saturated carbocycles. The number of aromatic amines is 1. The van der Waals surface area contributed by atoms with Crippen molar-refractivity contribution in [1.82, 2.24) is 19.9 Å². The van der Waals surface area contributed by atoms with E-state index in [1.807, 2.05) is 11.0 Å². The fourth-order valence-corrected chi connectivity index (χ4v) is 3.84. The quantitative estimate of drug-likeness (QED) is 0.834. The summed E-state index contributed by atoms with van der Waals surface area (Å²) in [6, 6.07) is 3.74. The van der Waals surface area contributed by atoms with Gasteiger partial charge in [-0.25, -0.2) is 4.98 Å². The molecular weight excluding hydrogens is 342 g/mol. The Hall–Kier alpha value is -2.54. The third-order valence-electron chi connectivity index (χ3n) is 5.42. The summed E-state index contributed by atoms with van der Waals surface area (Å²) in [7, 11) is 0. The van der Waals surface area contributed by atoms with Crippen molar-refractivity contribution < 1.29 is 4.79 Å². The van der Waals surface area contributed by atoms with Crippen LogP contribution in [0.1, 0.15) is 37.4 Å². The van der Waals surface area contributed by atoms with Gasteiger partial charge in [0.25, 0.3) is 5.56 Å². The minimum absolute atomic E-state index is 0.0622. The Morgan fingerprint density at radius 2 is 2.26 bits per heavy atom. The number of nitrogens with zero attached hydrogens (tertiary/aromatic N) is 3. The molecule has 1 fully saturated rings. The highest BCUT2D eigenvalue weighted by atomic mass is 16.2. The molecule has 3 heterocycles. The van der Waals surface area contributed by atoms with E-state index in [1.165, 1.54) is 0 Å². The molecule has 1 aliphatic rings. The van der Waals surface area contributed by atoms with Crippen LogP contribution in [0.4, 0.5) is 0 Å². The monoisotopic (exact) mass is 369 g/mol. The zero-order valence-corrected chi connectivity index (χ0v) is 15.9. The molecule has 7 heteroatoms. The first-order valence-electron chi connectivity index (χ1n) is 9.51. The van der Waals surface area contributed by atoms with Gasteiger partial charge in [-0.05, 0) is 44.2 Å². The first kappa shape index (κ1) is 19.2. The number of aryl methyl sites for hydroxylation is 1. The lowest BCUT2D eigenvalue weighted by molar-refractivity contribution is -0.136. The number of pyridine rings is 1. The van der Waals surface area contributed by atoms with Crippen LogP contribution in [0.3, 0.4) is 0 Å². The van der Waals surface area contributed by atoms with Gasteiger partial charge in [0.1, 0.15) is 5.82 Å². The number of carbonyl (C=O) groups excluding carboxylic acids is 1. The number of hydrogen-bond acceptors (Lipinski definition) is 5. The van der Waals surface area contributed by atoms with Gasteiger partial charge in [-0.1, -0.05) is 6.92 Å². The van der Waals surface area contributed by atoms with Gasteiger partial charge in [0.2, 0.25) is 5.91 Å². The maximum absolute atomic E-state index is 12.7. The van der Waals surface area contributed by atoms with Gasteiger partial charge in [-0.3, -0.25) is 14.6 Å². The molecule has 0 bridgehead atoms. The molecular formula is C20H27N5O2. The van der Waals surface area contributed by atoms with Crippen LogP contribution in [-0.4, -0.2) is 44.9 Å². The van der Waals surface area contributed by atoms with Crippen LogP contribution in [0.25, 0.3) is 11.4 Å². The van der Waals surface area contributed by atoms with Crippen molar-refractivity contribution in [3.63, 3.8) is 0 Å². The Balaban J connectivity index is 1.73. The van der Waals surface area contributed by atoms with Crippen molar-refractivity contribution in [1.29, 1.82) is 0 Å². The minimum Gasteiger partial charge on any atom is -0.338 e. The van der Waals surface area contributed by atoms with E-state index in [2.05, 4.69) is 21.9 Å². The van der Waals surface area contributed by atoms with E-state index in [-0.39, 0.29) is 17.5 Å². The number of aromatic nitrogens is 3. The molecule has 1 amide bonds. The highest BCUT2D eigenvalue weighted by Crippen LogP contribution is 2.23. The van der Waals surface area contributed by atoms with Gasteiger partial charge in [0, 0.05) is 54.8 Å². The van der Waals surface area contributed by atoms with Gasteiger partial charge < -0.3 is 15.6 Å². The zero-order chi connectivity index (χ0) is 19.4. The van der Waals surface area contributed by atoms with Crippen molar-refractivity contribution in [2.45, 2.75) is 45.6 Å². The van der Waals surface area contributed by atoms with Crippen LogP contribution in [-0.2, 0) is 11.2 Å². The molecule has 0 unspecified atom stereocenters. The number of likely N-dealkylation sites (tertiary alicyclic amines) is 1. The maximum atomic E-state index is 12.7. The Morgan fingerprint density at radius 3 is 2.93 bits per heavy atom. The minimum atomic E-state index is -0.198. The number of carbonyl (C=O) groups is 1. The zero-order valence-electron chi connectivity index (χ0n) is 15.9. The summed E-state index contributed by atoms with van der Waals surface area (Å²) in [5.41, 5.74) is 7.65. The van der Waals surface area contributed by atoms with Crippen LogP contribution < -0.4 is 11.3 Å². The molecule has 3 rings (SSSR count). The number of H-pyrrole nitrogens is 1. The molecule has 2 aromatic rings. The first-order chi connectivity index (χ1) is 13.0. The number of hydrogen-bond donors (Lipinski definition) is 2.